The molecule has 0 aliphatic rings. The van der Waals surface area contributed by atoms with Crippen LogP contribution in [0.3, 0.4) is 0 Å². The topological polar surface area (TPSA) is 83.6 Å². The number of halogens is 3. The molecular formula is C9H15F3N2O3. The average Bonchev–Trinajstić information content (AvgIpc) is 2.13. The van der Waals surface area contributed by atoms with Crippen LogP contribution in [0.25, 0.3) is 0 Å². The van der Waals surface area contributed by atoms with Gasteiger partial charge in [0.2, 0.25) is 5.91 Å². The maximum absolute atomic E-state index is 12.1. The second-order valence-corrected chi connectivity index (χ2v) is 3.60. The number of nitrogens with zero attached hydrogens (tertiary/aromatic N) is 1. The number of alkyl halides is 3. The molecule has 1 amide bonds. The minimum absolute atomic E-state index is 0.211. The van der Waals surface area contributed by atoms with Crippen LogP contribution in [-0.4, -0.2) is 47.2 Å². The van der Waals surface area contributed by atoms with E-state index in [2.05, 4.69) is 0 Å². The lowest BCUT2D eigenvalue weighted by atomic mass is 10.1. The largest absolute Gasteiger partial charge is 0.480 e. The number of carboxylic acids is 1. The Morgan fingerprint density at radius 3 is 2.29 bits per heavy atom. The average molecular weight is 256 g/mol. The molecule has 0 saturated carbocycles. The number of amides is 1. The van der Waals surface area contributed by atoms with E-state index in [0.717, 1.165) is 0 Å². The molecule has 0 aliphatic heterocycles. The van der Waals surface area contributed by atoms with Crippen molar-refractivity contribution in [2.24, 2.45) is 5.73 Å². The maximum Gasteiger partial charge on any atom is 0.406 e. The third-order valence-electron chi connectivity index (χ3n) is 1.92. The molecule has 5 nitrogen and oxygen atoms in total. The first-order valence-electron chi connectivity index (χ1n) is 5.00. The predicted octanol–water partition coefficient (Wildman–Crippen LogP) is 0.589. The van der Waals surface area contributed by atoms with Gasteiger partial charge in [0.1, 0.15) is 13.1 Å². The van der Waals surface area contributed by atoms with Gasteiger partial charge in [-0.05, 0) is 6.42 Å². The summed E-state index contributed by atoms with van der Waals surface area (Å²) in [5.41, 5.74) is 5.37. The number of carbonyl (C=O) groups excluding carboxylic acids is 1. The van der Waals surface area contributed by atoms with E-state index >= 15 is 0 Å². The first-order valence-corrected chi connectivity index (χ1v) is 5.00. The van der Waals surface area contributed by atoms with Crippen molar-refractivity contribution in [2.75, 3.05) is 13.1 Å². The van der Waals surface area contributed by atoms with Crippen LogP contribution >= 0.6 is 0 Å². The summed E-state index contributed by atoms with van der Waals surface area (Å²) in [6, 6.07) is -1.10. The van der Waals surface area contributed by atoms with Gasteiger partial charge in [0, 0.05) is 0 Å². The summed E-state index contributed by atoms with van der Waals surface area (Å²) < 4.78 is 36.4. The van der Waals surface area contributed by atoms with Gasteiger partial charge in [-0.1, -0.05) is 13.3 Å². The molecule has 0 saturated heterocycles. The standard InChI is InChI=1S/C9H15F3N2O3/c1-2-3-6(13)8(17)14(4-7(15)16)5-9(10,11)12/h6H,2-5,13H2,1H3,(H,15,16). The molecule has 0 fully saturated rings. The van der Waals surface area contributed by atoms with Crippen LogP contribution in [0.1, 0.15) is 19.8 Å². The quantitative estimate of drug-likeness (QED) is 0.728. The maximum atomic E-state index is 12.1. The Kier molecular flexibility index (Phi) is 5.94. The van der Waals surface area contributed by atoms with Crippen molar-refractivity contribution in [1.82, 2.24) is 4.90 Å². The van der Waals surface area contributed by atoms with Gasteiger partial charge < -0.3 is 15.7 Å². The minimum atomic E-state index is -4.64. The van der Waals surface area contributed by atoms with Crippen LogP contribution < -0.4 is 5.73 Å². The molecule has 17 heavy (non-hydrogen) atoms. The van der Waals surface area contributed by atoms with E-state index < -0.39 is 37.2 Å². The number of aliphatic carboxylic acids is 1. The molecule has 100 valence electrons. The van der Waals surface area contributed by atoms with E-state index in [0.29, 0.717) is 6.42 Å². The molecule has 0 heterocycles. The molecule has 0 aromatic rings. The van der Waals surface area contributed by atoms with Crippen LogP contribution in [0.2, 0.25) is 0 Å². The molecule has 1 atom stereocenters. The van der Waals surface area contributed by atoms with Crippen LogP contribution in [0.5, 0.6) is 0 Å². The van der Waals surface area contributed by atoms with E-state index in [1.807, 2.05) is 0 Å². The monoisotopic (exact) mass is 256 g/mol. The van der Waals surface area contributed by atoms with Crippen LogP contribution in [-0.2, 0) is 9.59 Å². The molecule has 3 N–H and O–H groups in total. The highest BCUT2D eigenvalue weighted by molar-refractivity contribution is 5.85. The Morgan fingerprint density at radius 2 is 1.94 bits per heavy atom. The third-order valence-corrected chi connectivity index (χ3v) is 1.92. The summed E-state index contributed by atoms with van der Waals surface area (Å²) >= 11 is 0. The van der Waals surface area contributed by atoms with E-state index in [1.54, 1.807) is 6.92 Å². The summed E-state index contributed by atoms with van der Waals surface area (Å²) in [5.74, 6) is -2.50. The Balaban J connectivity index is 4.67. The zero-order chi connectivity index (χ0) is 13.6. The summed E-state index contributed by atoms with van der Waals surface area (Å²) in [7, 11) is 0. The van der Waals surface area contributed by atoms with E-state index in [9.17, 15) is 22.8 Å². The summed E-state index contributed by atoms with van der Waals surface area (Å²) in [6.45, 7) is -0.885. The van der Waals surface area contributed by atoms with Crippen molar-refractivity contribution in [3.63, 3.8) is 0 Å². The molecule has 0 rings (SSSR count). The zero-order valence-electron chi connectivity index (χ0n) is 9.33. The first kappa shape index (κ1) is 15.7. The number of nitrogens with two attached hydrogens (primary N) is 1. The number of rotatable bonds is 6. The van der Waals surface area contributed by atoms with Gasteiger partial charge in [-0.15, -0.1) is 0 Å². The molecule has 0 aromatic carbocycles. The normalized spacial score (nSPS) is 13.2. The minimum Gasteiger partial charge on any atom is -0.480 e. The van der Waals surface area contributed by atoms with Gasteiger partial charge in [-0.25, -0.2) is 0 Å². The molecular weight excluding hydrogens is 241 g/mol. The Morgan fingerprint density at radius 1 is 1.41 bits per heavy atom. The molecule has 8 heteroatoms. The van der Waals surface area contributed by atoms with Crippen molar-refractivity contribution in [2.45, 2.75) is 32.0 Å². The van der Waals surface area contributed by atoms with E-state index in [-0.39, 0.29) is 11.3 Å². The Bertz CT molecular complexity index is 281. The summed E-state index contributed by atoms with van der Waals surface area (Å²) in [4.78, 5) is 22.1. The van der Waals surface area contributed by atoms with Crippen LogP contribution in [0.4, 0.5) is 13.2 Å². The third kappa shape index (κ3) is 6.77. The van der Waals surface area contributed by atoms with Crippen LogP contribution in [0, 0.1) is 0 Å². The van der Waals surface area contributed by atoms with Crippen molar-refractivity contribution >= 4 is 11.9 Å². The van der Waals surface area contributed by atoms with Crippen molar-refractivity contribution in [3.05, 3.63) is 0 Å². The van der Waals surface area contributed by atoms with Gasteiger partial charge in [0.15, 0.2) is 0 Å². The van der Waals surface area contributed by atoms with Crippen molar-refractivity contribution < 1.29 is 27.9 Å². The molecule has 0 spiro atoms. The van der Waals surface area contributed by atoms with Crippen LogP contribution in [0.15, 0.2) is 0 Å². The molecule has 0 aliphatic carbocycles. The summed E-state index contributed by atoms with van der Waals surface area (Å²) in [6.07, 6.45) is -3.90. The van der Waals surface area contributed by atoms with Gasteiger partial charge in [-0.2, -0.15) is 13.2 Å². The highest BCUT2D eigenvalue weighted by Gasteiger charge is 2.35. The van der Waals surface area contributed by atoms with Crippen molar-refractivity contribution in [3.8, 4) is 0 Å². The van der Waals surface area contributed by atoms with E-state index in [4.69, 9.17) is 10.8 Å². The fourth-order valence-corrected chi connectivity index (χ4v) is 1.26. The second-order valence-electron chi connectivity index (χ2n) is 3.60. The van der Waals surface area contributed by atoms with Gasteiger partial charge in [0.25, 0.3) is 0 Å². The highest BCUT2D eigenvalue weighted by atomic mass is 19.4. The SMILES string of the molecule is CCCC(N)C(=O)N(CC(=O)O)CC(F)(F)F. The fourth-order valence-electron chi connectivity index (χ4n) is 1.26. The summed E-state index contributed by atoms with van der Waals surface area (Å²) in [5, 5.41) is 8.44. The molecule has 0 bridgehead atoms. The smallest absolute Gasteiger partial charge is 0.406 e. The highest BCUT2D eigenvalue weighted by Crippen LogP contribution is 2.17. The fraction of sp³-hybridized carbons (Fsp3) is 0.778. The predicted molar refractivity (Wildman–Crippen MR) is 53.2 cm³/mol. The number of hydrogen-bond acceptors (Lipinski definition) is 3. The number of hydrogen-bond donors (Lipinski definition) is 2. The lowest BCUT2D eigenvalue weighted by Crippen LogP contribution is -2.49. The Hall–Kier alpha value is -1.31. The lowest BCUT2D eigenvalue weighted by Gasteiger charge is -2.24. The van der Waals surface area contributed by atoms with Gasteiger partial charge in [-0.3, -0.25) is 9.59 Å². The molecule has 0 radical (unpaired) electrons. The number of carboxylic acid groups (broad SMARTS) is 1. The van der Waals surface area contributed by atoms with Gasteiger partial charge >= 0.3 is 12.1 Å². The van der Waals surface area contributed by atoms with E-state index in [1.165, 1.54) is 0 Å². The molecule has 0 aromatic heterocycles. The Labute approximate surface area is 96.4 Å². The number of carbonyl (C=O) groups is 2. The van der Waals surface area contributed by atoms with Crippen molar-refractivity contribution in [1.29, 1.82) is 0 Å². The van der Waals surface area contributed by atoms with Gasteiger partial charge in [0.05, 0.1) is 6.04 Å². The molecule has 1 unspecified atom stereocenters. The second kappa shape index (κ2) is 6.43. The lowest BCUT2D eigenvalue weighted by molar-refractivity contribution is -0.166. The zero-order valence-corrected chi connectivity index (χ0v) is 9.33. The first-order chi connectivity index (χ1) is 7.67.